The summed E-state index contributed by atoms with van der Waals surface area (Å²) in [7, 11) is -3.91. The summed E-state index contributed by atoms with van der Waals surface area (Å²) in [6.45, 7) is 1.10. The molecule has 0 aliphatic carbocycles. The quantitative estimate of drug-likeness (QED) is 0.689. The number of rotatable bonds is 4. The molecular formula is C14H17N3O5S2. The Kier molecular flexibility index (Phi) is 5.84. The minimum absolute atomic E-state index is 0.0889. The third-order valence-corrected chi connectivity index (χ3v) is 5.63. The van der Waals surface area contributed by atoms with Crippen LogP contribution in [0.2, 0.25) is 0 Å². The average molecular weight is 371 g/mol. The van der Waals surface area contributed by atoms with Crippen LogP contribution < -0.4 is 15.4 Å². The van der Waals surface area contributed by atoms with Gasteiger partial charge in [-0.1, -0.05) is 0 Å². The molecule has 0 bridgehead atoms. The topological polar surface area (TPSA) is 121 Å². The second-order valence-electron chi connectivity index (χ2n) is 5.12. The predicted molar refractivity (Wildman–Crippen MR) is 89.9 cm³/mol. The lowest BCUT2D eigenvalue weighted by atomic mass is 10.2. The molecule has 8 nitrogen and oxygen atoms in total. The minimum Gasteiger partial charge on any atom is -0.343 e. The first-order valence-corrected chi connectivity index (χ1v) is 9.73. The van der Waals surface area contributed by atoms with Crippen LogP contribution in [0.3, 0.4) is 0 Å². The van der Waals surface area contributed by atoms with E-state index in [4.69, 9.17) is 0 Å². The molecule has 0 radical (unpaired) electrons. The molecule has 130 valence electrons. The van der Waals surface area contributed by atoms with Gasteiger partial charge in [-0.25, -0.2) is 13.1 Å². The van der Waals surface area contributed by atoms with E-state index in [9.17, 15) is 22.8 Å². The van der Waals surface area contributed by atoms with Crippen molar-refractivity contribution in [3.63, 3.8) is 0 Å². The van der Waals surface area contributed by atoms with Crippen LogP contribution >= 0.6 is 11.8 Å². The molecular weight excluding hydrogens is 354 g/mol. The van der Waals surface area contributed by atoms with Crippen molar-refractivity contribution in [2.24, 2.45) is 0 Å². The number of thioether (sulfide) groups is 1. The van der Waals surface area contributed by atoms with E-state index < -0.39 is 22.0 Å². The van der Waals surface area contributed by atoms with Crippen LogP contribution in [0.25, 0.3) is 0 Å². The molecule has 0 aromatic heterocycles. The molecule has 1 aromatic carbocycles. The molecule has 1 saturated heterocycles. The van der Waals surface area contributed by atoms with Gasteiger partial charge < -0.3 is 10.6 Å². The van der Waals surface area contributed by atoms with E-state index in [1.54, 1.807) is 0 Å². The first kappa shape index (κ1) is 18.3. The molecule has 1 aromatic rings. The van der Waals surface area contributed by atoms with Gasteiger partial charge in [0.05, 0.1) is 4.90 Å². The predicted octanol–water partition coefficient (Wildman–Crippen LogP) is 0.0716. The molecule has 0 spiro atoms. The number of carbonyl (C=O) groups excluding carboxylic acids is 3. The van der Waals surface area contributed by atoms with Crippen molar-refractivity contribution in [1.29, 1.82) is 0 Å². The normalized spacial score (nSPS) is 18.2. The van der Waals surface area contributed by atoms with Crippen molar-refractivity contribution >= 4 is 45.2 Å². The second kappa shape index (κ2) is 7.67. The molecule has 0 unspecified atom stereocenters. The molecule has 1 fully saturated rings. The molecule has 2 rings (SSSR count). The van der Waals surface area contributed by atoms with Gasteiger partial charge in [-0.15, -0.1) is 0 Å². The fraction of sp³-hybridized carbons (Fsp3) is 0.357. The number of amides is 3. The third-order valence-electron chi connectivity index (χ3n) is 3.12. The van der Waals surface area contributed by atoms with Gasteiger partial charge in [-0.3, -0.25) is 14.4 Å². The lowest BCUT2D eigenvalue weighted by Crippen LogP contribution is -2.44. The fourth-order valence-electron chi connectivity index (χ4n) is 2.01. The Balaban J connectivity index is 2.04. The summed E-state index contributed by atoms with van der Waals surface area (Å²) >= 11 is 1.51. The summed E-state index contributed by atoms with van der Waals surface area (Å²) in [6.07, 6.45) is 0.379. The van der Waals surface area contributed by atoms with E-state index >= 15 is 0 Å². The van der Waals surface area contributed by atoms with Gasteiger partial charge in [-0.05, 0) is 24.3 Å². The van der Waals surface area contributed by atoms with Crippen molar-refractivity contribution in [2.45, 2.75) is 24.3 Å². The van der Waals surface area contributed by atoms with Gasteiger partial charge in [0, 0.05) is 30.5 Å². The van der Waals surface area contributed by atoms with Crippen molar-refractivity contribution in [3.05, 3.63) is 24.3 Å². The molecule has 1 atom stereocenters. The van der Waals surface area contributed by atoms with Gasteiger partial charge >= 0.3 is 0 Å². The standard InChI is InChI=1S/C14H17N3O5S2/c1-9(18)17-24(21,22)11-4-2-10(3-5-11)15-14(20)12-8-23-7-6-13(19)16-12/h2-5,12H,6-8H2,1H3,(H,15,20)(H,16,19)(H,17,18)/t12-/m0/s1. The monoisotopic (exact) mass is 371 g/mol. The summed E-state index contributed by atoms with van der Waals surface area (Å²) in [6, 6.07) is 4.76. The van der Waals surface area contributed by atoms with Crippen molar-refractivity contribution in [3.8, 4) is 0 Å². The number of nitrogens with one attached hydrogen (secondary N) is 3. The van der Waals surface area contributed by atoms with Crippen LogP contribution in [-0.4, -0.2) is 43.7 Å². The zero-order valence-electron chi connectivity index (χ0n) is 12.9. The Morgan fingerprint density at radius 1 is 1.25 bits per heavy atom. The van der Waals surface area contributed by atoms with Gasteiger partial charge in [-0.2, -0.15) is 11.8 Å². The zero-order valence-corrected chi connectivity index (χ0v) is 14.5. The first-order valence-electron chi connectivity index (χ1n) is 7.09. The molecule has 1 aliphatic heterocycles. The molecule has 1 heterocycles. The van der Waals surface area contributed by atoms with E-state index in [1.807, 2.05) is 4.72 Å². The number of hydrogen-bond donors (Lipinski definition) is 3. The van der Waals surface area contributed by atoms with E-state index in [0.717, 1.165) is 6.92 Å². The maximum atomic E-state index is 12.2. The number of benzene rings is 1. The fourth-order valence-corrected chi connectivity index (χ4v) is 3.97. The molecule has 1 aliphatic rings. The zero-order chi connectivity index (χ0) is 17.7. The molecule has 3 N–H and O–H groups in total. The highest BCUT2D eigenvalue weighted by molar-refractivity contribution is 7.99. The van der Waals surface area contributed by atoms with E-state index in [0.29, 0.717) is 23.6 Å². The highest BCUT2D eigenvalue weighted by Gasteiger charge is 2.23. The Morgan fingerprint density at radius 2 is 1.92 bits per heavy atom. The van der Waals surface area contributed by atoms with Crippen LogP contribution in [0.4, 0.5) is 5.69 Å². The van der Waals surface area contributed by atoms with Crippen LogP contribution in [0.5, 0.6) is 0 Å². The van der Waals surface area contributed by atoms with Crippen LogP contribution in [0, 0.1) is 0 Å². The van der Waals surface area contributed by atoms with Crippen molar-refractivity contribution in [1.82, 2.24) is 10.0 Å². The van der Waals surface area contributed by atoms with Gasteiger partial charge in [0.1, 0.15) is 6.04 Å². The Hall–Kier alpha value is -2.07. The third kappa shape index (κ3) is 4.96. The summed E-state index contributed by atoms with van der Waals surface area (Å²) in [4.78, 5) is 34.5. The number of hydrogen-bond acceptors (Lipinski definition) is 6. The maximum absolute atomic E-state index is 12.2. The van der Waals surface area contributed by atoms with Crippen molar-refractivity contribution in [2.75, 3.05) is 16.8 Å². The first-order chi connectivity index (χ1) is 11.3. The van der Waals surface area contributed by atoms with Crippen LogP contribution in [0.1, 0.15) is 13.3 Å². The van der Waals surface area contributed by atoms with Crippen LogP contribution in [-0.2, 0) is 24.4 Å². The van der Waals surface area contributed by atoms with Gasteiger partial charge in [0.25, 0.3) is 10.0 Å². The summed E-state index contributed by atoms with van der Waals surface area (Å²) in [5, 5.41) is 5.27. The average Bonchev–Trinajstić information content (AvgIpc) is 2.71. The maximum Gasteiger partial charge on any atom is 0.264 e. The molecule has 0 saturated carbocycles. The summed E-state index contributed by atoms with van der Waals surface area (Å²) in [5.74, 6) is -0.0705. The van der Waals surface area contributed by atoms with Crippen molar-refractivity contribution < 1.29 is 22.8 Å². The van der Waals surface area contributed by atoms with E-state index in [2.05, 4.69) is 10.6 Å². The minimum atomic E-state index is -3.91. The SMILES string of the molecule is CC(=O)NS(=O)(=O)c1ccc(NC(=O)[C@@H]2CSCCC(=O)N2)cc1. The number of carbonyl (C=O) groups is 3. The van der Waals surface area contributed by atoms with E-state index in [1.165, 1.54) is 36.0 Å². The highest BCUT2D eigenvalue weighted by Crippen LogP contribution is 2.16. The van der Waals surface area contributed by atoms with E-state index in [-0.39, 0.29) is 16.7 Å². The summed E-state index contributed by atoms with van der Waals surface area (Å²) in [5.41, 5.74) is 0.394. The lowest BCUT2D eigenvalue weighted by Gasteiger charge is -2.15. The van der Waals surface area contributed by atoms with Gasteiger partial charge in [0.15, 0.2) is 0 Å². The smallest absolute Gasteiger partial charge is 0.264 e. The Bertz CT molecular complexity index is 746. The molecule has 10 heteroatoms. The lowest BCUT2D eigenvalue weighted by molar-refractivity contribution is -0.125. The summed E-state index contributed by atoms with van der Waals surface area (Å²) < 4.78 is 25.5. The van der Waals surface area contributed by atoms with Crippen LogP contribution in [0.15, 0.2) is 29.2 Å². The van der Waals surface area contributed by atoms with Gasteiger partial charge in [0.2, 0.25) is 17.7 Å². The second-order valence-corrected chi connectivity index (χ2v) is 7.95. The number of sulfonamides is 1. The molecule has 3 amide bonds. The highest BCUT2D eigenvalue weighted by atomic mass is 32.2. The largest absolute Gasteiger partial charge is 0.343 e. The Morgan fingerprint density at radius 3 is 2.54 bits per heavy atom. The number of anilines is 1. The Labute approximate surface area is 143 Å². The molecule has 24 heavy (non-hydrogen) atoms.